The Bertz CT molecular complexity index is 1240. The molecule has 0 radical (unpaired) electrons. The first kappa shape index (κ1) is 17.8. The molecule has 2 heterocycles. The van der Waals surface area contributed by atoms with Crippen molar-refractivity contribution in [1.82, 2.24) is 19.5 Å². The molecule has 0 saturated heterocycles. The van der Waals surface area contributed by atoms with Crippen LogP contribution in [0.2, 0.25) is 0 Å². The molecule has 1 aliphatic carbocycles. The fraction of sp³-hybridized carbons (Fsp3) is 0.304. The van der Waals surface area contributed by atoms with Crippen molar-refractivity contribution in [3.8, 4) is 11.4 Å². The number of hydrogen-bond donors (Lipinski definition) is 1. The third-order valence-electron chi connectivity index (χ3n) is 5.80. The zero-order chi connectivity index (χ0) is 20.0. The van der Waals surface area contributed by atoms with Gasteiger partial charge in [0.25, 0.3) is 0 Å². The van der Waals surface area contributed by atoms with Gasteiger partial charge in [-0.2, -0.15) is 0 Å². The molecule has 0 spiro atoms. The van der Waals surface area contributed by atoms with Crippen LogP contribution in [0.5, 0.6) is 0 Å². The third-order valence-corrected chi connectivity index (χ3v) is 5.80. The molecular weight excluding hydrogens is 364 g/mol. The molecule has 29 heavy (non-hydrogen) atoms. The van der Waals surface area contributed by atoms with Gasteiger partial charge in [-0.25, -0.2) is 14.8 Å². The van der Waals surface area contributed by atoms with Crippen LogP contribution in [0, 0.1) is 6.92 Å². The SMILES string of the molecule is Cc1cnc2cc(-c3nc4cc(C(=O)O)ccc4n3C3CCCCC3)ccc2n1. The fourth-order valence-corrected chi connectivity index (χ4v) is 4.39. The smallest absolute Gasteiger partial charge is 0.335 e. The van der Waals surface area contributed by atoms with Crippen LogP contribution in [0.25, 0.3) is 33.5 Å². The second kappa shape index (κ2) is 6.95. The third kappa shape index (κ3) is 3.14. The maximum Gasteiger partial charge on any atom is 0.335 e. The van der Waals surface area contributed by atoms with Gasteiger partial charge >= 0.3 is 5.97 Å². The second-order valence-corrected chi connectivity index (χ2v) is 7.82. The maximum absolute atomic E-state index is 11.4. The van der Waals surface area contributed by atoms with E-state index in [1.165, 1.54) is 19.3 Å². The van der Waals surface area contributed by atoms with Gasteiger partial charge in [-0.1, -0.05) is 19.3 Å². The Labute approximate surface area is 168 Å². The molecule has 4 aromatic rings. The van der Waals surface area contributed by atoms with Crippen LogP contribution < -0.4 is 0 Å². The lowest BCUT2D eigenvalue weighted by molar-refractivity contribution is 0.0697. The normalized spacial score (nSPS) is 15.2. The van der Waals surface area contributed by atoms with Gasteiger partial charge in [0.1, 0.15) is 5.82 Å². The van der Waals surface area contributed by atoms with E-state index in [2.05, 4.69) is 14.5 Å². The molecule has 0 unspecified atom stereocenters. The van der Waals surface area contributed by atoms with Crippen LogP contribution in [0.4, 0.5) is 0 Å². The van der Waals surface area contributed by atoms with Crippen molar-refractivity contribution in [2.75, 3.05) is 0 Å². The van der Waals surface area contributed by atoms with Gasteiger partial charge in [0, 0.05) is 17.8 Å². The van der Waals surface area contributed by atoms with Gasteiger partial charge in [-0.15, -0.1) is 0 Å². The van der Waals surface area contributed by atoms with Crippen molar-refractivity contribution < 1.29 is 9.90 Å². The zero-order valence-electron chi connectivity index (χ0n) is 16.3. The number of carbonyl (C=O) groups is 1. The van der Waals surface area contributed by atoms with E-state index in [-0.39, 0.29) is 5.56 Å². The Balaban J connectivity index is 1.72. The molecule has 0 amide bonds. The van der Waals surface area contributed by atoms with Crippen LogP contribution in [-0.4, -0.2) is 30.6 Å². The number of aromatic nitrogens is 4. The highest BCUT2D eigenvalue weighted by molar-refractivity contribution is 5.93. The Morgan fingerprint density at radius 2 is 1.83 bits per heavy atom. The molecule has 2 aromatic heterocycles. The van der Waals surface area contributed by atoms with Crippen molar-refractivity contribution in [3.05, 3.63) is 53.9 Å². The van der Waals surface area contributed by atoms with Crippen molar-refractivity contribution in [3.63, 3.8) is 0 Å². The zero-order valence-corrected chi connectivity index (χ0v) is 16.3. The topological polar surface area (TPSA) is 80.9 Å². The lowest BCUT2D eigenvalue weighted by Crippen LogP contribution is -2.14. The highest BCUT2D eigenvalue weighted by Gasteiger charge is 2.23. The quantitative estimate of drug-likeness (QED) is 0.526. The number of benzene rings is 2. The van der Waals surface area contributed by atoms with Crippen LogP contribution in [0.3, 0.4) is 0 Å². The number of carboxylic acid groups (broad SMARTS) is 1. The molecule has 0 aliphatic heterocycles. The average Bonchev–Trinajstić information content (AvgIpc) is 3.12. The predicted octanol–water partition coefficient (Wildman–Crippen LogP) is 5.16. The van der Waals surface area contributed by atoms with Gasteiger partial charge in [0.05, 0.1) is 33.3 Å². The summed E-state index contributed by atoms with van der Waals surface area (Å²) in [6.45, 7) is 1.93. The number of rotatable bonds is 3. The first-order valence-electron chi connectivity index (χ1n) is 10.1. The molecule has 1 fully saturated rings. The summed E-state index contributed by atoms with van der Waals surface area (Å²) in [5, 5.41) is 9.38. The van der Waals surface area contributed by atoms with Gasteiger partial charge < -0.3 is 9.67 Å². The predicted molar refractivity (Wildman–Crippen MR) is 112 cm³/mol. The van der Waals surface area contributed by atoms with Crippen LogP contribution >= 0.6 is 0 Å². The number of carboxylic acids is 1. The van der Waals surface area contributed by atoms with Crippen LogP contribution in [0.15, 0.2) is 42.6 Å². The van der Waals surface area contributed by atoms with Crippen molar-refractivity contribution in [2.24, 2.45) is 0 Å². The number of nitrogens with zero attached hydrogens (tertiary/aromatic N) is 4. The summed E-state index contributed by atoms with van der Waals surface area (Å²) in [6.07, 6.45) is 7.69. The van der Waals surface area contributed by atoms with Gasteiger partial charge in [-0.05, 0) is 56.2 Å². The summed E-state index contributed by atoms with van der Waals surface area (Å²) < 4.78 is 2.31. The summed E-state index contributed by atoms with van der Waals surface area (Å²) in [5.74, 6) is -0.0595. The van der Waals surface area contributed by atoms with Crippen LogP contribution in [0.1, 0.15) is 54.2 Å². The minimum absolute atomic E-state index is 0.261. The summed E-state index contributed by atoms with van der Waals surface area (Å²) in [7, 11) is 0. The molecule has 1 N–H and O–H groups in total. The summed E-state index contributed by atoms with van der Waals surface area (Å²) in [5.41, 5.74) is 5.55. The first-order valence-corrected chi connectivity index (χ1v) is 10.1. The molecule has 2 aromatic carbocycles. The Hall–Kier alpha value is -3.28. The molecule has 5 rings (SSSR count). The largest absolute Gasteiger partial charge is 0.478 e. The Morgan fingerprint density at radius 1 is 1.00 bits per heavy atom. The Kier molecular flexibility index (Phi) is 4.27. The second-order valence-electron chi connectivity index (χ2n) is 7.82. The van der Waals surface area contributed by atoms with E-state index < -0.39 is 5.97 Å². The number of imidazole rings is 1. The van der Waals surface area contributed by atoms with E-state index >= 15 is 0 Å². The average molecular weight is 386 g/mol. The van der Waals surface area contributed by atoms with E-state index in [0.29, 0.717) is 6.04 Å². The minimum atomic E-state index is -0.933. The molecule has 6 nitrogen and oxygen atoms in total. The Morgan fingerprint density at radius 3 is 2.62 bits per heavy atom. The monoisotopic (exact) mass is 386 g/mol. The summed E-state index contributed by atoms with van der Waals surface area (Å²) in [4.78, 5) is 25.4. The highest BCUT2D eigenvalue weighted by Crippen LogP contribution is 2.36. The van der Waals surface area contributed by atoms with Crippen molar-refractivity contribution in [2.45, 2.75) is 45.1 Å². The van der Waals surface area contributed by atoms with E-state index in [4.69, 9.17) is 4.98 Å². The lowest BCUT2D eigenvalue weighted by Gasteiger charge is -2.25. The number of hydrogen-bond acceptors (Lipinski definition) is 4. The fourth-order valence-electron chi connectivity index (χ4n) is 4.39. The van der Waals surface area contributed by atoms with Gasteiger partial charge in [0.15, 0.2) is 0 Å². The lowest BCUT2D eigenvalue weighted by atomic mass is 9.94. The number of fused-ring (bicyclic) bond motifs is 2. The van der Waals surface area contributed by atoms with Crippen LogP contribution in [-0.2, 0) is 0 Å². The van der Waals surface area contributed by atoms with E-state index in [1.807, 2.05) is 31.2 Å². The number of aryl methyl sites for hydroxylation is 1. The molecule has 146 valence electrons. The van der Waals surface area contributed by atoms with E-state index in [1.54, 1.807) is 18.3 Å². The molecule has 0 bridgehead atoms. The summed E-state index contributed by atoms with van der Waals surface area (Å²) >= 11 is 0. The van der Waals surface area contributed by atoms with Gasteiger partial charge in [0.2, 0.25) is 0 Å². The molecule has 6 heteroatoms. The van der Waals surface area contributed by atoms with Crippen molar-refractivity contribution in [1.29, 1.82) is 0 Å². The molecular formula is C23H22N4O2. The standard InChI is InChI=1S/C23H22N4O2/c1-14-13-24-19-11-15(7-9-18(19)25-14)22-26-20-12-16(23(28)29)8-10-21(20)27(22)17-5-3-2-4-6-17/h7-13,17H,2-6H2,1H3,(H,28,29). The van der Waals surface area contributed by atoms with Crippen molar-refractivity contribution >= 4 is 28.0 Å². The maximum atomic E-state index is 11.4. The number of aromatic carboxylic acids is 1. The molecule has 1 saturated carbocycles. The highest BCUT2D eigenvalue weighted by atomic mass is 16.4. The summed E-state index contributed by atoms with van der Waals surface area (Å²) in [6, 6.07) is 11.7. The van der Waals surface area contributed by atoms with E-state index in [9.17, 15) is 9.90 Å². The minimum Gasteiger partial charge on any atom is -0.478 e. The molecule has 0 atom stereocenters. The molecule has 1 aliphatic rings. The van der Waals surface area contributed by atoms with E-state index in [0.717, 1.165) is 52.0 Å². The first-order chi connectivity index (χ1) is 14.1. The van der Waals surface area contributed by atoms with Gasteiger partial charge in [-0.3, -0.25) is 4.98 Å².